The van der Waals surface area contributed by atoms with Gasteiger partial charge in [-0.15, -0.1) is 0 Å². The van der Waals surface area contributed by atoms with E-state index in [0.717, 1.165) is 24.3 Å². The molecule has 2 N–H and O–H groups in total. The van der Waals surface area contributed by atoms with Gasteiger partial charge in [0.15, 0.2) is 0 Å². The molecule has 2 nitrogen and oxygen atoms in total. The monoisotopic (exact) mass is 266 g/mol. The van der Waals surface area contributed by atoms with E-state index < -0.39 is 0 Å². The van der Waals surface area contributed by atoms with E-state index in [2.05, 4.69) is 25.7 Å². The summed E-state index contributed by atoms with van der Waals surface area (Å²) in [7, 11) is 0. The minimum Gasteiger partial charge on any atom is -0.329 e. The van der Waals surface area contributed by atoms with Gasteiger partial charge < -0.3 is 5.73 Å². The molecule has 2 rings (SSSR count). The van der Waals surface area contributed by atoms with Crippen molar-refractivity contribution in [2.24, 2.45) is 23.5 Å². The van der Waals surface area contributed by atoms with Gasteiger partial charge in [0.05, 0.1) is 0 Å². The van der Waals surface area contributed by atoms with E-state index in [4.69, 9.17) is 5.73 Å². The summed E-state index contributed by atoms with van der Waals surface area (Å²) in [5, 5.41) is 0. The Morgan fingerprint density at radius 3 is 2.58 bits per heavy atom. The van der Waals surface area contributed by atoms with Crippen LogP contribution in [0.15, 0.2) is 0 Å². The van der Waals surface area contributed by atoms with Crippen LogP contribution in [-0.4, -0.2) is 30.1 Å². The van der Waals surface area contributed by atoms with Crippen LogP contribution in [0.4, 0.5) is 0 Å². The zero-order chi connectivity index (χ0) is 13.9. The van der Waals surface area contributed by atoms with Crippen LogP contribution >= 0.6 is 0 Å². The molecule has 0 aromatic heterocycles. The highest BCUT2D eigenvalue weighted by molar-refractivity contribution is 5.00. The van der Waals surface area contributed by atoms with E-state index >= 15 is 0 Å². The number of nitrogens with two attached hydrogens (primary N) is 1. The second-order valence-electron chi connectivity index (χ2n) is 7.29. The summed E-state index contributed by atoms with van der Waals surface area (Å²) in [6.07, 6.45) is 9.63. The lowest BCUT2D eigenvalue weighted by Crippen LogP contribution is -2.60. The number of hydrogen-bond acceptors (Lipinski definition) is 2. The Bertz CT molecular complexity index is 278. The Hall–Kier alpha value is -0.0800. The van der Waals surface area contributed by atoms with Crippen molar-refractivity contribution in [2.75, 3.05) is 19.6 Å². The average Bonchev–Trinajstić information content (AvgIpc) is 2.67. The molecule has 2 fully saturated rings. The zero-order valence-electron chi connectivity index (χ0n) is 13.3. The second kappa shape index (κ2) is 6.58. The summed E-state index contributed by atoms with van der Waals surface area (Å²) in [5.74, 6) is 2.58. The predicted molar refractivity (Wildman–Crippen MR) is 83.2 cm³/mol. The van der Waals surface area contributed by atoms with Crippen molar-refractivity contribution in [3.05, 3.63) is 0 Å². The smallest absolute Gasteiger partial charge is 0.0359 e. The van der Waals surface area contributed by atoms with E-state index in [1.54, 1.807) is 0 Å². The van der Waals surface area contributed by atoms with E-state index in [1.807, 2.05) is 0 Å². The first-order valence-electron chi connectivity index (χ1n) is 8.57. The van der Waals surface area contributed by atoms with Crippen LogP contribution in [0.5, 0.6) is 0 Å². The Kier molecular flexibility index (Phi) is 5.30. The molecule has 0 aromatic carbocycles. The third-order valence-corrected chi connectivity index (χ3v) is 6.12. The van der Waals surface area contributed by atoms with E-state index in [1.165, 1.54) is 58.0 Å². The van der Waals surface area contributed by atoms with Gasteiger partial charge >= 0.3 is 0 Å². The zero-order valence-corrected chi connectivity index (χ0v) is 13.3. The van der Waals surface area contributed by atoms with Gasteiger partial charge in [0, 0.05) is 12.1 Å². The van der Waals surface area contributed by atoms with Gasteiger partial charge in [0.1, 0.15) is 0 Å². The molecule has 1 aliphatic heterocycles. The van der Waals surface area contributed by atoms with Crippen molar-refractivity contribution in [2.45, 2.75) is 71.3 Å². The standard InChI is InChI=1S/C17H34N2/c1-4-16-6-5-10-19(11-9-16)17(13-18)12-14(2)7-8-15(17)3/h14-16H,4-13,18H2,1-3H3. The normalized spacial score (nSPS) is 42.0. The minimum absolute atomic E-state index is 0.306. The van der Waals surface area contributed by atoms with E-state index in [9.17, 15) is 0 Å². The lowest BCUT2D eigenvalue weighted by Gasteiger charge is -2.51. The molecule has 4 atom stereocenters. The van der Waals surface area contributed by atoms with Crippen molar-refractivity contribution in [1.82, 2.24) is 4.90 Å². The van der Waals surface area contributed by atoms with Crippen molar-refractivity contribution >= 4 is 0 Å². The molecule has 1 heterocycles. The van der Waals surface area contributed by atoms with Crippen molar-refractivity contribution < 1.29 is 0 Å². The summed E-state index contributed by atoms with van der Waals surface area (Å²) in [5.41, 5.74) is 6.60. The van der Waals surface area contributed by atoms with Crippen molar-refractivity contribution in [3.63, 3.8) is 0 Å². The molecule has 19 heavy (non-hydrogen) atoms. The highest BCUT2D eigenvalue weighted by atomic mass is 15.2. The third-order valence-electron chi connectivity index (χ3n) is 6.12. The van der Waals surface area contributed by atoms with Crippen LogP contribution in [0.25, 0.3) is 0 Å². The molecule has 2 heteroatoms. The van der Waals surface area contributed by atoms with E-state index in [0.29, 0.717) is 5.54 Å². The molecule has 0 aromatic rings. The fourth-order valence-corrected chi connectivity index (χ4v) is 4.58. The molecule has 0 spiro atoms. The molecular formula is C17H34N2. The van der Waals surface area contributed by atoms with Crippen molar-refractivity contribution in [1.29, 1.82) is 0 Å². The lowest BCUT2D eigenvalue weighted by molar-refractivity contribution is -0.00236. The van der Waals surface area contributed by atoms with Gasteiger partial charge in [-0.25, -0.2) is 0 Å². The predicted octanol–water partition coefficient (Wildman–Crippen LogP) is 3.65. The highest BCUT2D eigenvalue weighted by Crippen LogP contribution is 2.41. The number of rotatable bonds is 3. The van der Waals surface area contributed by atoms with Crippen LogP contribution in [0, 0.1) is 17.8 Å². The lowest BCUT2D eigenvalue weighted by atomic mass is 9.68. The second-order valence-corrected chi connectivity index (χ2v) is 7.29. The Morgan fingerprint density at radius 1 is 1.11 bits per heavy atom. The molecule has 0 bridgehead atoms. The molecule has 112 valence electrons. The number of likely N-dealkylation sites (tertiary alicyclic amines) is 1. The fourth-order valence-electron chi connectivity index (χ4n) is 4.58. The maximum absolute atomic E-state index is 6.30. The molecular weight excluding hydrogens is 232 g/mol. The third kappa shape index (κ3) is 3.16. The average molecular weight is 266 g/mol. The topological polar surface area (TPSA) is 29.3 Å². The summed E-state index contributed by atoms with van der Waals surface area (Å²) in [4.78, 5) is 2.79. The maximum atomic E-state index is 6.30. The molecule has 0 radical (unpaired) electrons. The molecule has 1 saturated carbocycles. The number of hydrogen-bond donors (Lipinski definition) is 1. The molecule has 0 amide bonds. The van der Waals surface area contributed by atoms with Gasteiger partial charge in [0.2, 0.25) is 0 Å². The Labute approximate surface area is 120 Å². The summed E-state index contributed by atoms with van der Waals surface area (Å²) in [6, 6.07) is 0. The van der Waals surface area contributed by atoms with Crippen molar-refractivity contribution in [3.8, 4) is 0 Å². The van der Waals surface area contributed by atoms with Gasteiger partial charge in [-0.2, -0.15) is 0 Å². The van der Waals surface area contributed by atoms with Gasteiger partial charge in [0.25, 0.3) is 0 Å². The summed E-state index contributed by atoms with van der Waals surface area (Å²) in [6.45, 7) is 10.6. The fraction of sp³-hybridized carbons (Fsp3) is 1.00. The minimum atomic E-state index is 0.306. The van der Waals surface area contributed by atoms with Crippen LogP contribution in [0.3, 0.4) is 0 Å². The Morgan fingerprint density at radius 2 is 1.89 bits per heavy atom. The van der Waals surface area contributed by atoms with Crippen LogP contribution in [-0.2, 0) is 0 Å². The van der Waals surface area contributed by atoms with Crippen LogP contribution in [0.2, 0.25) is 0 Å². The van der Waals surface area contributed by atoms with Gasteiger partial charge in [-0.05, 0) is 62.9 Å². The largest absolute Gasteiger partial charge is 0.329 e. The van der Waals surface area contributed by atoms with Gasteiger partial charge in [-0.3, -0.25) is 4.90 Å². The Balaban J connectivity index is 2.11. The quantitative estimate of drug-likeness (QED) is 0.845. The van der Waals surface area contributed by atoms with Crippen LogP contribution in [0.1, 0.15) is 65.7 Å². The molecule has 2 aliphatic rings. The summed E-state index contributed by atoms with van der Waals surface area (Å²) < 4.78 is 0. The van der Waals surface area contributed by atoms with Crippen LogP contribution < -0.4 is 5.73 Å². The first kappa shape index (κ1) is 15.3. The van der Waals surface area contributed by atoms with Gasteiger partial charge in [-0.1, -0.05) is 33.6 Å². The number of nitrogens with zero attached hydrogens (tertiary/aromatic N) is 1. The molecule has 1 aliphatic carbocycles. The maximum Gasteiger partial charge on any atom is 0.0359 e. The summed E-state index contributed by atoms with van der Waals surface area (Å²) >= 11 is 0. The first-order valence-corrected chi connectivity index (χ1v) is 8.57. The molecule has 4 unspecified atom stereocenters. The highest BCUT2D eigenvalue weighted by Gasteiger charge is 2.44. The molecule has 1 saturated heterocycles. The first-order chi connectivity index (χ1) is 9.12. The SMILES string of the molecule is CCC1CCCN(C2(CN)CC(C)CCC2C)CC1. The van der Waals surface area contributed by atoms with E-state index in [-0.39, 0.29) is 0 Å².